The summed E-state index contributed by atoms with van der Waals surface area (Å²) in [6.07, 6.45) is 5.45. The summed E-state index contributed by atoms with van der Waals surface area (Å²) in [7, 11) is 0. The predicted molar refractivity (Wildman–Crippen MR) is 88.9 cm³/mol. The highest BCUT2D eigenvalue weighted by Crippen LogP contribution is 2.34. The van der Waals surface area contributed by atoms with Gasteiger partial charge in [0.2, 0.25) is 0 Å². The van der Waals surface area contributed by atoms with Crippen LogP contribution in [-0.2, 0) is 6.54 Å². The minimum absolute atomic E-state index is 0.510. The molecule has 0 bridgehead atoms. The summed E-state index contributed by atoms with van der Waals surface area (Å²) >= 11 is 1.90. The van der Waals surface area contributed by atoms with E-state index < -0.39 is 0 Å². The Kier molecular flexibility index (Phi) is 5.85. The molecule has 0 unspecified atom stereocenters. The third-order valence-corrected chi connectivity index (χ3v) is 5.26. The molecule has 4 heteroatoms. The molecule has 1 fully saturated rings. The van der Waals surface area contributed by atoms with E-state index in [0.29, 0.717) is 5.92 Å². The fraction of sp³-hybridized carbons (Fsp3) is 0.812. The first kappa shape index (κ1) is 15.8. The lowest BCUT2D eigenvalue weighted by molar-refractivity contribution is 0.616. The van der Waals surface area contributed by atoms with E-state index >= 15 is 0 Å². The summed E-state index contributed by atoms with van der Waals surface area (Å²) in [4.78, 5) is 8.95. The lowest BCUT2D eigenvalue weighted by Crippen LogP contribution is -2.32. The van der Waals surface area contributed by atoms with Crippen molar-refractivity contribution in [2.75, 3.05) is 18.0 Å². The molecule has 0 aromatic carbocycles. The van der Waals surface area contributed by atoms with Crippen molar-refractivity contribution >= 4 is 16.5 Å². The maximum atomic E-state index is 4.98. The Morgan fingerprint density at radius 3 is 2.55 bits per heavy atom. The number of aromatic nitrogens is 1. The Hall–Kier alpha value is -0.610. The van der Waals surface area contributed by atoms with E-state index in [1.165, 1.54) is 41.4 Å². The molecule has 3 nitrogen and oxygen atoms in total. The van der Waals surface area contributed by atoms with E-state index in [2.05, 4.69) is 37.9 Å². The Balaban J connectivity index is 2.21. The van der Waals surface area contributed by atoms with Crippen LogP contribution in [0.5, 0.6) is 0 Å². The summed E-state index contributed by atoms with van der Waals surface area (Å²) in [5, 5.41) is 4.70. The zero-order valence-electron chi connectivity index (χ0n) is 13.4. The highest BCUT2D eigenvalue weighted by molar-refractivity contribution is 7.15. The van der Waals surface area contributed by atoms with Crippen LogP contribution >= 0.6 is 11.3 Å². The normalized spacial score (nSPS) is 16.2. The van der Waals surface area contributed by atoms with Crippen LogP contribution in [-0.4, -0.2) is 24.1 Å². The highest BCUT2D eigenvalue weighted by atomic mass is 32.1. The summed E-state index contributed by atoms with van der Waals surface area (Å²) in [5.74, 6) is 0.510. The van der Waals surface area contributed by atoms with Gasteiger partial charge >= 0.3 is 0 Å². The third-order valence-electron chi connectivity index (χ3n) is 4.15. The molecule has 1 N–H and O–H groups in total. The van der Waals surface area contributed by atoms with Crippen molar-refractivity contribution in [2.24, 2.45) is 0 Å². The Bertz CT molecular complexity index is 408. The second-order valence-corrected chi connectivity index (χ2v) is 7.03. The van der Waals surface area contributed by atoms with Gasteiger partial charge in [-0.15, -0.1) is 11.3 Å². The molecule has 1 aromatic rings. The van der Waals surface area contributed by atoms with Gasteiger partial charge in [-0.25, -0.2) is 4.98 Å². The van der Waals surface area contributed by atoms with Crippen molar-refractivity contribution in [3.63, 3.8) is 0 Å². The topological polar surface area (TPSA) is 28.2 Å². The van der Waals surface area contributed by atoms with Gasteiger partial charge < -0.3 is 10.2 Å². The summed E-state index contributed by atoms with van der Waals surface area (Å²) in [5.41, 5.74) is 1.29. The molecular weight excluding hydrogens is 266 g/mol. The number of hydrogen-bond donors (Lipinski definition) is 1. The number of thiazole rings is 1. The van der Waals surface area contributed by atoms with Crippen molar-refractivity contribution in [2.45, 2.75) is 71.9 Å². The van der Waals surface area contributed by atoms with Crippen LogP contribution in [0.2, 0.25) is 0 Å². The van der Waals surface area contributed by atoms with Gasteiger partial charge in [0.1, 0.15) is 0 Å². The standard InChI is InChI=1S/C16H29N3S/c1-5-17-11-14-15(12(3)4)18-16(20-14)19(6-2)13-9-7-8-10-13/h12-13,17H,5-11H2,1-4H3. The molecule has 0 saturated heterocycles. The van der Waals surface area contributed by atoms with E-state index in [0.717, 1.165) is 25.7 Å². The van der Waals surface area contributed by atoms with Crippen LogP contribution in [0.4, 0.5) is 5.13 Å². The van der Waals surface area contributed by atoms with E-state index in [1.807, 2.05) is 11.3 Å². The first-order valence-corrected chi connectivity index (χ1v) is 8.95. The molecule has 0 spiro atoms. The maximum absolute atomic E-state index is 4.98. The van der Waals surface area contributed by atoms with Gasteiger partial charge in [0, 0.05) is 24.0 Å². The van der Waals surface area contributed by atoms with Crippen molar-refractivity contribution < 1.29 is 0 Å². The first-order chi connectivity index (χ1) is 9.67. The molecule has 0 aliphatic heterocycles. The second-order valence-electron chi connectivity index (χ2n) is 5.96. The van der Waals surface area contributed by atoms with E-state index in [9.17, 15) is 0 Å². The third kappa shape index (κ3) is 3.53. The lowest BCUT2D eigenvalue weighted by atomic mass is 10.1. The highest BCUT2D eigenvalue weighted by Gasteiger charge is 2.25. The SMILES string of the molecule is CCNCc1sc(N(CC)C2CCCC2)nc1C(C)C. The summed E-state index contributed by atoms with van der Waals surface area (Å²) in [6, 6.07) is 0.721. The van der Waals surface area contributed by atoms with E-state index in [-0.39, 0.29) is 0 Å². The molecule has 20 heavy (non-hydrogen) atoms. The Labute approximate surface area is 127 Å². The number of hydrogen-bond acceptors (Lipinski definition) is 4. The zero-order chi connectivity index (χ0) is 14.5. The van der Waals surface area contributed by atoms with Crippen LogP contribution in [0.25, 0.3) is 0 Å². The Morgan fingerprint density at radius 2 is 2.00 bits per heavy atom. The molecule has 1 saturated carbocycles. The van der Waals surface area contributed by atoms with Gasteiger partial charge in [-0.3, -0.25) is 0 Å². The van der Waals surface area contributed by atoms with Crippen molar-refractivity contribution in [1.29, 1.82) is 0 Å². The average molecular weight is 295 g/mol. The molecule has 0 amide bonds. The first-order valence-electron chi connectivity index (χ1n) is 8.14. The van der Waals surface area contributed by atoms with Gasteiger partial charge in [-0.1, -0.05) is 33.6 Å². The average Bonchev–Trinajstić information content (AvgIpc) is 3.07. The zero-order valence-corrected chi connectivity index (χ0v) is 14.2. The monoisotopic (exact) mass is 295 g/mol. The lowest BCUT2D eigenvalue weighted by Gasteiger charge is -2.27. The molecule has 114 valence electrons. The number of nitrogens with one attached hydrogen (secondary N) is 1. The Morgan fingerprint density at radius 1 is 1.30 bits per heavy atom. The quantitative estimate of drug-likeness (QED) is 0.819. The minimum atomic E-state index is 0.510. The maximum Gasteiger partial charge on any atom is 0.186 e. The fourth-order valence-corrected chi connectivity index (χ4v) is 4.38. The molecule has 1 heterocycles. The van der Waals surface area contributed by atoms with E-state index in [1.54, 1.807) is 0 Å². The summed E-state index contributed by atoms with van der Waals surface area (Å²) < 4.78 is 0. The van der Waals surface area contributed by atoms with Crippen molar-refractivity contribution in [1.82, 2.24) is 10.3 Å². The van der Waals surface area contributed by atoms with Crippen LogP contribution in [0.3, 0.4) is 0 Å². The number of rotatable bonds is 7. The number of anilines is 1. The number of nitrogens with zero attached hydrogens (tertiary/aromatic N) is 2. The summed E-state index contributed by atoms with van der Waals surface area (Å²) in [6.45, 7) is 12.0. The minimum Gasteiger partial charge on any atom is -0.345 e. The molecule has 1 aromatic heterocycles. The van der Waals surface area contributed by atoms with Crippen molar-refractivity contribution in [3.05, 3.63) is 10.6 Å². The van der Waals surface area contributed by atoms with Gasteiger partial charge in [-0.05, 0) is 32.2 Å². The van der Waals surface area contributed by atoms with Gasteiger partial charge in [0.25, 0.3) is 0 Å². The van der Waals surface area contributed by atoms with Crippen LogP contribution in [0, 0.1) is 0 Å². The molecule has 1 aliphatic rings. The van der Waals surface area contributed by atoms with Crippen LogP contribution in [0.1, 0.15) is 69.9 Å². The second kappa shape index (κ2) is 7.41. The van der Waals surface area contributed by atoms with E-state index in [4.69, 9.17) is 4.98 Å². The molecule has 1 aliphatic carbocycles. The molecule has 2 rings (SSSR count). The molecule has 0 atom stereocenters. The molecule has 0 radical (unpaired) electrons. The van der Waals surface area contributed by atoms with Crippen molar-refractivity contribution in [3.8, 4) is 0 Å². The largest absolute Gasteiger partial charge is 0.345 e. The van der Waals surface area contributed by atoms with Gasteiger partial charge in [0.05, 0.1) is 5.69 Å². The predicted octanol–water partition coefficient (Wildman–Crippen LogP) is 4.14. The van der Waals surface area contributed by atoms with Gasteiger partial charge in [-0.2, -0.15) is 0 Å². The van der Waals surface area contributed by atoms with Crippen LogP contribution in [0.15, 0.2) is 0 Å². The van der Waals surface area contributed by atoms with Crippen LogP contribution < -0.4 is 10.2 Å². The molecular formula is C16H29N3S. The fourth-order valence-electron chi connectivity index (χ4n) is 3.06. The smallest absolute Gasteiger partial charge is 0.186 e. The van der Waals surface area contributed by atoms with Gasteiger partial charge in [0.15, 0.2) is 5.13 Å².